The minimum absolute atomic E-state index is 0.463. The molecular weight excluding hydrogens is 84.1 g/mol. The van der Waals surface area contributed by atoms with Crippen LogP contribution in [-0.4, -0.2) is 0 Å². The van der Waals surface area contributed by atoms with Crippen LogP contribution < -0.4 is 0 Å². The Morgan fingerprint density at radius 2 is 2.14 bits per heavy atom. The van der Waals surface area contributed by atoms with Gasteiger partial charge in [-0.25, -0.2) is 0 Å². The first kappa shape index (κ1) is 6.56. The van der Waals surface area contributed by atoms with Crippen LogP contribution in [0.1, 0.15) is 20.8 Å². The average Bonchev–Trinajstić information content (AvgIpc) is 1.68. The molecule has 1 unspecified atom stereocenters. The minimum atomic E-state index is 0.463. The molecule has 0 heterocycles. The summed E-state index contributed by atoms with van der Waals surface area (Å²) < 4.78 is 0. The Labute approximate surface area is 45.9 Å². The van der Waals surface area contributed by atoms with Crippen molar-refractivity contribution < 1.29 is 0 Å². The first-order valence-electron chi connectivity index (χ1n) is 2.53. The standard InChI is InChI=1S/C7H11/c1-4-6-7(3)5-2/h5,7H,1-3H3. The van der Waals surface area contributed by atoms with Crippen LogP contribution in [0.25, 0.3) is 0 Å². The maximum Gasteiger partial charge on any atom is 0.0203 e. The highest BCUT2D eigenvalue weighted by molar-refractivity contribution is 5.02. The van der Waals surface area contributed by atoms with Crippen molar-refractivity contribution in [3.05, 3.63) is 6.42 Å². The second-order valence-electron chi connectivity index (χ2n) is 1.52. The Balaban J connectivity index is 3.29. The van der Waals surface area contributed by atoms with Crippen LogP contribution in [-0.2, 0) is 0 Å². The molecule has 0 saturated heterocycles. The summed E-state index contributed by atoms with van der Waals surface area (Å²) in [6, 6.07) is 0. The zero-order valence-electron chi connectivity index (χ0n) is 5.15. The van der Waals surface area contributed by atoms with Gasteiger partial charge in [0.05, 0.1) is 0 Å². The fraction of sp³-hybridized carbons (Fsp3) is 0.571. The molecule has 0 aliphatic carbocycles. The molecule has 0 aromatic rings. The number of hydrogen-bond acceptors (Lipinski definition) is 0. The molecule has 0 amide bonds. The molecular formula is C7H11. The summed E-state index contributed by atoms with van der Waals surface area (Å²) in [6.45, 7) is 5.96. The van der Waals surface area contributed by atoms with Gasteiger partial charge in [-0.3, -0.25) is 0 Å². The predicted molar refractivity (Wildman–Crippen MR) is 32.6 cm³/mol. The zero-order chi connectivity index (χ0) is 5.70. The first-order chi connectivity index (χ1) is 3.31. The Morgan fingerprint density at radius 3 is 2.29 bits per heavy atom. The van der Waals surface area contributed by atoms with Crippen LogP contribution in [0.15, 0.2) is 0 Å². The maximum absolute atomic E-state index is 2.99. The third-order valence-electron chi connectivity index (χ3n) is 0.872. The molecule has 0 bridgehead atoms. The van der Waals surface area contributed by atoms with Crippen LogP contribution in [0, 0.1) is 24.2 Å². The van der Waals surface area contributed by atoms with Crippen molar-refractivity contribution in [2.45, 2.75) is 20.8 Å². The lowest BCUT2D eigenvalue weighted by Crippen LogP contribution is -1.84. The molecule has 0 heteroatoms. The summed E-state index contributed by atoms with van der Waals surface area (Å²) in [7, 11) is 0. The normalized spacial score (nSPS) is 11.9. The first-order valence-corrected chi connectivity index (χ1v) is 2.53. The van der Waals surface area contributed by atoms with Crippen LogP contribution in [0.2, 0.25) is 0 Å². The molecule has 0 saturated carbocycles. The molecule has 0 aliphatic rings. The van der Waals surface area contributed by atoms with E-state index in [-0.39, 0.29) is 0 Å². The molecule has 0 fully saturated rings. The van der Waals surface area contributed by atoms with Gasteiger partial charge in [0.15, 0.2) is 0 Å². The van der Waals surface area contributed by atoms with Crippen molar-refractivity contribution in [3.63, 3.8) is 0 Å². The van der Waals surface area contributed by atoms with Gasteiger partial charge in [-0.2, -0.15) is 0 Å². The average molecular weight is 95.2 g/mol. The second-order valence-corrected chi connectivity index (χ2v) is 1.52. The summed E-state index contributed by atoms with van der Waals surface area (Å²) >= 11 is 0. The topological polar surface area (TPSA) is 0 Å². The molecule has 0 N–H and O–H groups in total. The quantitative estimate of drug-likeness (QED) is 0.436. The highest BCUT2D eigenvalue weighted by atomic mass is 13.9. The van der Waals surface area contributed by atoms with Gasteiger partial charge in [0.1, 0.15) is 0 Å². The van der Waals surface area contributed by atoms with Crippen LogP contribution >= 0.6 is 0 Å². The van der Waals surface area contributed by atoms with Gasteiger partial charge in [-0.15, -0.1) is 11.8 Å². The minimum Gasteiger partial charge on any atom is -0.106 e. The lowest BCUT2D eigenvalue weighted by molar-refractivity contribution is 0.889. The highest BCUT2D eigenvalue weighted by Gasteiger charge is 1.86. The fourth-order valence-electron chi connectivity index (χ4n) is 0.311. The molecule has 0 nitrogen and oxygen atoms in total. The summed E-state index contributed by atoms with van der Waals surface area (Å²) in [6.07, 6.45) is 2.08. The van der Waals surface area contributed by atoms with Crippen molar-refractivity contribution in [1.29, 1.82) is 0 Å². The molecule has 39 valence electrons. The molecule has 0 aromatic heterocycles. The van der Waals surface area contributed by atoms with Crippen molar-refractivity contribution in [2.75, 3.05) is 0 Å². The van der Waals surface area contributed by atoms with E-state index < -0.39 is 0 Å². The largest absolute Gasteiger partial charge is 0.106 e. The maximum atomic E-state index is 2.99. The molecule has 1 atom stereocenters. The number of rotatable bonds is 1. The van der Waals surface area contributed by atoms with Gasteiger partial charge in [-0.05, 0) is 13.3 Å². The zero-order valence-corrected chi connectivity index (χ0v) is 5.15. The van der Waals surface area contributed by atoms with E-state index in [0.717, 1.165) is 0 Å². The Hall–Kier alpha value is -0.440. The molecule has 7 heavy (non-hydrogen) atoms. The summed E-state index contributed by atoms with van der Waals surface area (Å²) in [4.78, 5) is 0. The van der Waals surface area contributed by atoms with Crippen molar-refractivity contribution in [2.24, 2.45) is 5.92 Å². The summed E-state index contributed by atoms with van der Waals surface area (Å²) in [5.41, 5.74) is 0. The Bertz CT molecular complexity index is 81.9. The van der Waals surface area contributed by atoms with Crippen LogP contribution in [0.3, 0.4) is 0 Å². The Morgan fingerprint density at radius 1 is 1.57 bits per heavy atom. The lowest BCUT2D eigenvalue weighted by Gasteiger charge is -1.91. The van der Waals surface area contributed by atoms with Crippen molar-refractivity contribution in [1.82, 2.24) is 0 Å². The SMILES string of the molecule is CC#CC(C)[CH]C. The van der Waals surface area contributed by atoms with Gasteiger partial charge < -0.3 is 0 Å². The van der Waals surface area contributed by atoms with E-state index in [1.54, 1.807) is 0 Å². The molecule has 0 aliphatic heterocycles. The van der Waals surface area contributed by atoms with E-state index in [1.807, 2.05) is 13.8 Å². The molecule has 0 aromatic carbocycles. The van der Waals surface area contributed by atoms with E-state index in [4.69, 9.17) is 0 Å². The van der Waals surface area contributed by atoms with E-state index in [0.29, 0.717) is 5.92 Å². The second kappa shape index (κ2) is 3.74. The van der Waals surface area contributed by atoms with E-state index >= 15 is 0 Å². The van der Waals surface area contributed by atoms with Crippen molar-refractivity contribution >= 4 is 0 Å². The van der Waals surface area contributed by atoms with E-state index in [1.165, 1.54) is 0 Å². The van der Waals surface area contributed by atoms with Crippen molar-refractivity contribution in [3.8, 4) is 11.8 Å². The van der Waals surface area contributed by atoms with E-state index in [2.05, 4.69) is 25.2 Å². The third kappa shape index (κ3) is 3.39. The van der Waals surface area contributed by atoms with Gasteiger partial charge >= 0.3 is 0 Å². The number of hydrogen-bond donors (Lipinski definition) is 0. The van der Waals surface area contributed by atoms with E-state index in [9.17, 15) is 0 Å². The molecule has 0 rings (SSSR count). The molecule has 1 radical (unpaired) electrons. The predicted octanol–water partition coefficient (Wildman–Crippen LogP) is 1.87. The third-order valence-corrected chi connectivity index (χ3v) is 0.872. The lowest BCUT2D eigenvalue weighted by atomic mass is 10.1. The van der Waals surface area contributed by atoms with Gasteiger partial charge in [0.2, 0.25) is 0 Å². The summed E-state index contributed by atoms with van der Waals surface area (Å²) in [5.74, 6) is 6.29. The molecule has 0 spiro atoms. The van der Waals surface area contributed by atoms with Crippen LogP contribution in [0.5, 0.6) is 0 Å². The van der Waals surface area contributed by atoms with Gasteiger partial charge in [0.25, 0.3) is 0 Å². The van der Waals surface area contributed by atoms with Crippen LogP contribution in [0.4, 0.5) is 0 Å². The van der Waals surface area contributed by atoms with Gasteiger partial charge in [0, 0.05) is 5.92 Å². The van der Waals surface area contributed by atoms with Gasteiger partial charge in [-0.1, -0.05) is 13.8 Å². The monoisotopic (exact) mass is 95.1 g/mol. The highest BCUT2D eigenvalue weighted by Crippen LogP contribution is 1.93. The summed E-state index contributed by atoms with van der Waals surface area (Å²) in [5, 5.41) is 0. The fourth-order valence-corrected chi connectivity index (χ4v) is 0.311. The Kier molecular flexibility index (Phi) is 3.50. The smallest absolute Gasteiger partial charge is 0.0203 e.